The lowest BCUT2D eigenvalue weighted by molar-refractivity contribution is 0.762. The lowest BCUT2D eigenvalue weighted by atomic mass is 10.1. The molecule has 2 rings (SSSR count). The van der Waals surface area contributed by atoms with Gasteiger partial charge in [0.25, 0.3) is 0 Å². The highest BCUT2D eigenvalue weighted by atomic mass is 14.8. The van der Waals surface area contributed by atoms with Crippen molar-refractivity contribution >= 4 is 17.1 Å². The van der Waals surface area contributed by atoms with Gasteiger partial charge in [0.05, 0.1) is 0 Å². The second kappa shape index (κ2) is 5.64. The molecular formula is C14H19N3. The fourth-order valence-electron chi connectivity index (χ4n) is 1.88. The Morgan fingerprint density at radius 1 is 1.47 bits per heavy atom. The SMILES string of the molecule is CCNCC(=Cc1c[nH]c2ncccc12)CC. The van der Waals surface area contributed by atoms with Crippen LogP contribution < -0.4 is 5.32 Å². The minimum atomic E-state index is 0.956. The van der Waals surface area contributed by atoms with Gasteiger partial charge in [-0.05, 0) is 25.1 Å². The Labute approximate surface area is 102 Å². The normalized spacial score (nSPS) is 12.2. The van der Waals surface area contributed by atoms with Crippen molar-refractivity contribution in [3.05, 3.63) is 35.7 Å². The maximum Gasteiger partial charge on any atom is 0.137 e. The van der Waals surface area contributed by atoms with Gasteiger partial charge in [0, 0.05) is 29.9 Å². The van der Waals surface area contributed by atoms with E-state index < -0.39 is 0 Å². The van der Waals surface area contributed by atoms with E-state index in [1.54, 1.807) is 0 Å². The van der Waals surface area contributed by atoms with Crippen LogP contribution >= 0.6 is 0 Å². The van der Waals surface area contributed by atoms with E-state index in [0.717, 1.165) is 25.2 Å². The Morgan fingerprint density at radius 3 is 3.12 bits per heavy atom. The van der Waals surface area contributed by atoms with E-state index >= 15 is 0 Å². The molecule has 3 heteroatoms. The highest BCUT2D eigenvalue weighted by molar-refractivity contribution is 5.86. The third-order valence-electron chi connectivity index (χ3n) is 2.90. The van der Waals surface area contributed by atoms with E-state index in [1.807, 2.05) is 18.5 Å². The number of fused-ring (bicyclic) bond motifs is 1. The van der Waals surface area contributed by atoms with Gasteiger partial charge in [-0.15, -0.1) is 0 Å². The topological polar surface area (TPSA) is 40.7 Å². The number of aromatic amines is 1. The summed E-state index contributed by atoms with van der Waals surface area (Å²) in [6.45, 7) is 6.28. The zero-order valence-corrected chi connectivity index (χ0v) is 10.5. The van der Waals surface area contributed by atoms with Crippen LogP contribution in [-0.2, 0) is 0 Å². The van der Waals surface area contributed by atoms with Crippen LogP contribution in [0.15, 0.2) is 30.1 Å². The molecule has 2 N–H and O–H groups in total. The summed E-state index contributed by atoms with van der Waals surface area (Å²) in [6.07, 6.45) is 7.16. The standard InChI is InChI=1S/C14H19N3/c1-3-11(9-15-4-2)8-12-10-17-14-13(12)6-5-7-16-14/h5-8,10,15H,3-4,9H2,1-2H3,(H,16,17). The van der Waals surface area contributed by atoms with Gasteiger partial charge in [-0.3, -0.25) is 0 Å². The van der Waals surface area contributed by atoms with Crippen molar-refractivity contribution in [2.45, 2.75) is 20.3 Å². The van der Waals surface area contributed by atoms with E-state index in [0.29, 0.717) is 0 Å². The van der Waals surface area contributed by atoms with Crippen LogP contribution in [0.4, 0.5) is 0 Å². The van der Waals surface area contributed by atoms with Gasteiger partial charge in [-0.1, -0.05) is 25.5 Å². The van der Waals surface area contributed by atoms with Crippen LogP contribution in [0, 0.1) is 0 Å². The van der Waals surface area contributed by atoms with Gasteiger partial charge in [0.1, 0.15) is 5.65 Å². The van der Waals surface area contributed by atoms with Crippen molar-refractivity contribution < 1.29 is 0 Å². The molecule has 0 radical (unpaired) electrons. The first kappa shape index (κ1) is 11.9. The highest BCUT2D eigenvalue weighted by Crippen LogP contribution is 2.19. The predicted molar refractivity (Wildman–Crippen MR) is 72.9 cm³/mol. The molecule has 0 aliphatic rings. The molecule has 2 aromatic heterocycles. The first-order valence-corrected chi connectivity index (χ1v) is 6.17. The van der Waals surface area contributed by atoms with Crippen molar-refractivity contribution in [3.63, 3.8) is 0 Å². The monoisotopic (exact) mass is 229 g/mol. The molecule has 0 aliphatic heterocycles. The first-order chi connectivity index (χ1) is 8.35. The first-order valence-electron chi connectivity index (χ1n) is 6.17. The quantitative estimate of drug-likeness (QED) is 0.827. The zero-order chi connectivity index (χ0) is 12.1. The number of nitrogens with zero attached hydrogens (tertiary/aromatic N) is 1. The molecular weight excluding hydrogens is 210 g/mol. The molecule has 0 saturated heterocycles. The predicted octanol–water partition coefficient (Wildman–Crippen LogP) is 2.97. The molecule has 2 aromatic rings. The average Bonchev–Trinajstić information content (AvgIpc) is 2.78. The molecule has 0 bridgehead atoms. The fourth-order valence-corrected chi connectivity index (χ4v) is 1.88. The van der Waals surface area contributed by atoms with Crippen LogP contribution in [0.2, 0.25) is 0 Å². The largest absolute Gasteiger partial charge is 0.346 e. The number of H-pyrrole nitrogens is 1. The summed E-state index contributed by atoms with van der Waals surface area (Å²) in [7, 11) is 0. The molecule has 2 heterocycles. The number of hydrogen-bond acceptors (Lipinski definition) is 2. The average molecular weight is 229 g/mol. The van der Waals surface area contributed by atoms with Crippen LogP contribution in [0.1, 0.15) is 25.8 Å². The maximum absolute atomic E-state index is 4.30. The van der Waals surface area contributed by atoms with Crippen LogP contribution in [0.25, 0.3) is 17.1 Å². The highest BCUT2D eigenvalue weighted by Gasteiger charge is 2.02. The fraction of sp³-hybridized carbons (Fsp3) is 0.357. The number of nitrogens with one attached hydrogen (secondary N) is 2. The van der Waals surface area contributed by atoms with Gasteiger partial charge in [-0.2, -0.15) is 0 Å². The smallest absolute Gasteiger partial charge is 0.137 e. The Bertz CT molecular complexity index is 511. The van der Waals surface area contributed by atoms with Gasteiger partial charge in [0.15, 0.2) is 0 Å². The molecule has 0 unspecified atom stereocenters. The Hall–Kier alpha value is -1.61. The minimum Gasteiger partial charge on any atom is -0.346 e. The van der Waals surface area contributed by atoms with E-state index in [-0.39, 0.29) is 0 Å². The molecule has 3 nitrogen and oxygen atoms in total. The van der Waals surface area contributed by atoms with Crippen molar-refractivity contribution in [1.29, 1.82) is 0 Å². The maximum atomic E-state index is 4.30. The zero-order valence-electron chi connectivity index (χ0n) is 10.5. The molecule has 17 heavy (non-hydrogen) atoms. The van der Waals surface area contributed by atoms with E-state index in [9.17, 15) is 0 Å². The molecule has 0 fully saturated rings. The van der Waals surface area contributed by atoms with Crippen LogP contribution in [-0.4, -0.2) is 23.1 Å². The van der Waals surface area contributed by atoms with Crippen molar-refractivity contribution in [3.8, 4) is 0 Å². The third kappa shape index (κ3) is 2.74. The number of pyridine rings is 1. The van der Waals surface area contributed by atoms with Crippen molar-refractivity contribution in [2.75, 3.05) is 13.1 Å². The van der Waals surface area contributed by atoms with Gasteiger partial charge in [-0.25, -0.2) is 4.98 Å². The third-order valence-corrected chi connectivity index (χ3v) is 2.90. The van der Waals surface area contributed by atoms with Gasteiger partial charge in [0.2, 0.25) is 0 Å². The van der Waals surface area contributed by atoms with E-state index in [1.165, 1.54) is 16.5 Å². The lowest BCUT2D eigenvalue weighted by Gasteiger charge is -2.04. The second-order valence-electron chi connectivity index (χ2n) is 4.08. The Morgan fingerprint density at radius 2 is 2.35 bits per heavy atom. The molecule has 90 valence electrons. The van der Waals surface area contributed by atoms with Crippen molar-refractivity contribution in [1.82, 2.24) is 15.3 Å². The Balaban J connectivity index is 2.29. The second-order valence-corrected chi connectivity index (χ2v) is 4.08. The summed E-state index contributed by atoms with van der Waals surface area (Å²) in [5.41, 5.74) is 3.59. The van der Waals surface area contributed by atoms with Gasteiger partial charge < -0.3 is 10.3 Å². The summed E-state index contributed by atoms with van der Waals surface area (Å²) in [6, 6.07) is 4.08. The molecule has 0 atom stereocenters. The molecule has 0 aliphatic carbocycles. The van der Waals surface area contributed by atoms with Crippen LogP contribution in [0.3, 0.4) is 0 Å². The Kier molecular flexibility index (Phi) is 3.94. The molecule has 0 aromatic carbocycles. The lowest BCUT2D eigenvalue weighted by Crippen LogP contribution is -2.15. The summed E-state index contributed by atoms with van der Waals surface area (Å²) >= 11 is 0. The van der Waals surface area contributed by atoms with E-state index in [2.05, 4.69) is 41.3 Å². The summed E-state index contributed by atoms with van der Waals surface area (Å²) in [4.78, 5) is 7.49. The van der Waals surface area contributed by atoms with Gasteiger partial charge >= 0.3 is 0 Å². The summed E-state index contributed by atoms with van der Waals surface area (Å²) in [5, 5.41) is 4.56. The number of hydrogen-bond donors (Lipinski definition) is 2. The molecule has 0 spiro atoms. The number of aromatic nitrogens is 2. The van der Waals surface area contributed by atoms with Crippen LogP contribution in [0.5, 0.6) is 0 Å². The summed E-state index contributed by atoms with van der Waals surface area (Å²) < 4.78 is 0. The minimum absolute atomic E-state index is 0.956. The molecule has 0 saturated carbocycles. The van der Waals surface area contributed by atoms with Crippen molar-refractivity contribution in [2.24, 2.45) is 0 Å². The summed E-state index contributed by atoms with van der Waals surface area (Å²) in [5.74, 6) is 0. The number of rotatable bonds is 5. The van der Waals surface area contributed by atoms with E-state index in [4.69, 9.17) is 0 Å². The molecule has 0 amide bonds. The number of likely N-dealkylation sites (N-methyl/N-ethyl adjacent to an activating group) is 1.